The number of hydrogen-bond acceptors (Lipinski definition) is 8. The van der Waals surface area contributed by atoms with Gasteiger partial charge in [0.15, 0.2) is 0 Å². The van der Waals surface area contributed by atoms with Crippen molar-refractivity contribution in [2.45, 2.75) is 25.3 Å². The van der Waals surface area contributed by atoms with Crippen molar-refractivity contribution in [1.29, 1.82) is 0 Å². The van der Waals surface area contributed by atoms with Crippen LogP contribution < -0.4 is 16.0 Å². The second kappa shape index (κ2) is 9.28. The van der Waals surface area contributed by atoms with Crippen molar-refractivity contribution in [3.05, 3.63) is 35.9 Å². The number of rotatable bonds is 6. The van der Waals surface area contributed by atoms with Crippen molar-refractivity contribution in [3.8, 4) is 5.75 Å². The number of morpholine rings is 1. The third kappa shape index (κ3) is 5.27. The highest BCUT2D eigenvalue weighted by atomic mass is 16.5. The van der Waals surface area contributed by atoms with E-state index in [0.29, 0.717) is 12.0 Å². The predicted octanol–water partition coefficient (Wildman–Crippen LogP) is 1.72. The maximum absolute atomic E-state index is 9.38. The van der Waals surface area contributed by atoms with Crippen molar-refractivity contribution in [2.75, 3.05) is 61.9 Å². The molecular formula is C21H30N6O2. The van der Waals surface area contributed by atoms with Crippen LogP contribution in [0.2, 0.25) is 0 Å². The van der Waals surface area contributed by atoms with E-state index in [2.05, 4.69) is 25.1 Å². The van der Waals surface area contributed by atoms with E-state index in [4.69, 9.17) is 10.5 Å². The van der Waals surface area contributed by atoms with Gasteiger partial charge in [-0.3, -0.25) is 4.90 Å². The molecule has 4 N–H and O–H groups in total. The molecule has 0 atom stereocenters. The van der Waals surface area contributed by atoms with Gasteiger partial charge in [0.2, 0.25) is 5.95 Å². The molecule has 0 amide bonds. The van der Waals surface area contributed by atoms with Gasteiger partial charge in [-0.15, -0.1) is 0 Å². The first kappa shape index (κ1) is 19.7. The van der Waals surface area contributed by atoms with Crippen LogP contribution in [0.1, 0.15) is 18.4 Å². The first-order valence-electron chi connectivity index (χ1n) is 10.4. The molecule has 1 aromatic carbocycles. The lowest BCUT2D eigenvalue weighted by Gasteiger charge is -2.40. The van der Waals surface area contributed by atoms with Crippen LogP contribution in [-0.4, -0.2) is 72.0 Å². The molecule has 0 radical (unpaired) electrons. The Morgan fingerprint density at radius 2 is 1.79 bits per heavy atom. The van der Waals surface area contributed by atoms with E-state index in [9.17, 15) is 5.11 Å². The van der Waals surface area contributed by atoms with Crippen molar-refractivity contribution in [2.24, 2.45) is 0 Å². The third-order valence-electron chi connectivity index (χ3n) is 5.74. The SMILES string of the molecule is Nc1nc(NCCc2ccc(O)cc2)cc(N2CCC(N3CCOCC3)CC2)n1. The number of nitrogens with two attached hydrogens (primary N) is 1. The molecule has 0 bridgehead atoms. The molecule has 1 aromatic heterocycles. The van der Waals surface area contributed by atoms with Crippen LogP contribution in [0.3, 0.4) is 0 Å². The normalized spacial score (nSPS) is 18.7. The van der Waals surface area contributed by atoms with Crippen molar-refractivity contribution < 1.29 is 9.84 Å². The zero-order valence-corrected chi connectivity index (χ0v) is 16.8. The molecule has 4 rings (SSSR count). The predicted molar refractivity (Wildman–Crippen MR) is 114 cm³/mol. The molecule has 0 saturated carbocycles. The van der Waals surface area contributed by atoms with E-state index >= 15 is 0 Å². The lowest BCUT2D eigenvalue weighted by molar-refractivity contribution is 0.0115. The Bertz CT molecular complexity index is 786. The van der Waals surface area contributed by atoms with E-state index in [-0.39, 0.29) is 5.75 Å². The number of aromatic hydroxyl groups is 1. The summed E-state index contributed by atoms with van der Waals surface area (Å²) in [6.45, 7) is 6.47. The summed E-state index contributed by atoms with van der Waals surface area (Å²) in [5.41, 5.74) is 7.13. The van der Waals surface area contributed by atoms with E-state index in [1.54, 1.807) is 12.1 Å². The average molecular weight is 399 g/mol. The van der Waals surface area contributed by atoms with Crippen LogP contribution in [0.5, 0.6) is 5.75 Å². The summed E-state index contributed by atoms with van der Waals surface area (Å²) in [4.78, 5) is 13.7. The Kier molecular flexibility index (Phi) is 6.31. The Balaban J connectivity index is 1.31. The Labute approximate surface area is 171 Å². The highest BCUT2D eigenvalue weighted by molar-refractivity contribution is 5.53. The van der Waals surface area contributed by atoms with Crippen molar-refractivity contribution in [3.63, 3.8) is 0 Å². The number of piperidine rings is 1. The lowest BCUT2D eigenvalue weighted by Crippen LogP contribution is -2.49. The summed E-state index contributed by atoms with van der Waals surface area (Å²) in [6, 6.07) is 9.89. The van der Waals surface area contributed by atoms with Crippen molar-refractivity contribution >= 4 is 17.6 Å². The fourth-order valence-electron chi connectivity index (χ4n) is 4.11. The fourth-order valence-corrected chi connectivity index (χ4v) is 4.11. The quantitative estimate of drug-likeness (QED) is 0.676. The minimum atomic E-state index is 0.285. The van der Waals surface area contributed by atoms with Crippen LogP contribution in [0.4, 0.5) is 17.6 Å². The van der Waals surface area contributed by atoms with Crippen LogP contribution in [0, 0.1) is 0 Å². The molecule has 0 aliphatic carbocycles. The molecule has 2 saturated heterocycles. The Morgan fingerprint density at radius 3 is 2.52 bits per heavy atom. The number of ether oxygens (including phenoxy) is 1. The number of nitrogen functional groups attached to an aromatic ring is 1. The number of hydrogen-bond donors (Lipinski definition) is 3. The number of anilines is 3. The van der Waals surface area contributed by atoms with Gasteiger partial charge >= 0.3 is 0 Å². The van der Waals surface area contributed by atoms with Crippen LogP contribution in [-0.2, 0) is 11.2 Å². The number of phenols is 1. The highest BCUT2D eigenvalue weighted by Gasteiger charge is 2.26. The first-order valence-corrected chi connectivity index (χ1v) is 10.4. The van der Waals surface area contributed by atoms with E-state index < -0.39 is 0 Å². The Hall–Kier alpha value is -2.58. The summed E-state index contributed by atoms with van der Waals surface area (Å²) in [6.07, 6.45) is 3.10. The molecular weight excluding hydrogens is 368 g/mol. The monoisotopic (exact) mass is 398 g/mol. The summed E-state index contributed by atoms with van der Waals surface area (Å²) in [5.74, 6) is 2.23. The van der Waals surface area contributed by atoms with Crippen LogP contribution in [0.25, 0.3) is 0 Å². The summed E-state index contributed by atoms with van der Waals surface area (Å²) in [5, 5.41) is 12.7. The summed E-state index contributed by atoms with van der Waals surface area (Å²) >= 11 is 0. The van der Waals surface area contributed by atoms with Gasteiger partial charge in [0.25, 0.3) is 0 Å². The number of nitrogens with zero attached hydrogens (tertiary/aromatic N) is 4. The maximum Gasteiger partial charge on any atom is 0.223 e. The summed E-state index contributed by atoms with van der Waals surface area (Å²) in [7, 11) is 0. The third-order valence-corrected chi connectivity index (χ3v) is 5.74. The lowest BCUT2D eigenvalue weighted by atomic mass is 10.0. The molecule has 2 aromatic rings. The number of benzene rings is 1. The van der Waals surface area contributed by atoms with E-state index in [0.717, 1.165) is 82.4 Å². The smallest absolute Gasteiger partial charge is 0.223 e. The molecule has 0 spiro atoms. The largest absolute Gasteiger partial charge is 0.508 e. The zero-order valence-electron chi connectivity index (χ0n) is 16.8. The fraction of sp³-hybridized carbons (Fsp3) is 0.524. The van der Waals surface area contributed by atoms with E-state index in [1.807, 2.05) is 18.2 Å². The molecule has 156 valence electrons. The topological polar surface area (TPSA) is 99.8 Å². The standard InChI is InChI=1S/C21H30N6O2/c22-21-24-19(23-8-5-16-1-3-18(28)4-2-16)15-20(25-21)27-9-6-17(7-10-27)26-11-13-29-14-12-26/h1-4,15,17,28H,5-14H2,(H3,22,23,24,25). The van der Waals surface area contributed by atoms with Gasteiger partial charge in [0.05, 0.1) is 13.2 Å². The van der Waals surface area contributed by atoms with Gasteiger partial charge in [-0.25, -0.2) is 0 Å². The Morgan fingerprint density at radius 1 is 1.07 bits per heavy atom. The molecule has 2 fully saturated rings. The van der Waals surface area contributed by atoms with Gasteiger partial charge in [0.1, 0.15) is 17.4 Å². The van der Waals surface area contributed by atoms with Gasteiger partial charge in [-0.2, -0.15) is 9.97 Å². The zero-order chi connectivity index (χ0) is 20.1. The van der Waals surface area contributed by atoms with Gasteiger partial charge in [0, 0.05) is 44.8 Å². The minimum Gasteiger partial charge on any atom is -0.508 e. The maximum atomic E-state index is 9.38. The molecule has 3 heterocycles. The van der Waals surface area contributed by atoms with Crippen LogP contribution in [0.15, 0.2) is 30.3 Å². The van der Waals surface area contributed by atoms with Gasteiger partial charge < -0.3 is 25.8 Å². The second-order valence-electron chi connectivity index (χ2n) is 7.68. The number of nitrogens with one attached hydrogen (secondary N) is 1. The second-order valence-corrected chi connectivity index (χ2v) is 7.68. The molecule has 29 heavy (non-hydrogen) atoms. The number of aromatic nitrogens is 2. The molecule has 8 heteroatoms. The average Bonchev–Trinajstić information content (AvgIpc) is 2.75. The minimum absolute atomic E-state index is 0.285. The van der Waals surface area contributed by atoms with E-state index in [1.165, 1.54) is 0 Å². The molecule has 0 unspecified atom stereocenters. The van der Waals surface area contributed by atoms with Crippen molar-refractivity contribution in [1.82, 2.24) is 14.9 Å². The van der Waals surface area contributed by atoms with Gasteiger partial charge in [-0.05, 0) is 37.0 Å². The molecule has 2 aliphatic rings. The number of phenolic OH excluding ortho intramolecular Hbond substituents is 1. The van der Waals surface area contributed by atoms with Crippen LogP contribution >= 0.6 is 0 Å². The molecule has 2 aliphatic heterocycles. The summed E-state index contributed by atoms with van der Waals surface area (Å²) < 4.78 is 5.47. The first-order chi connectivity index (χ1) is 14.2. The molecule has 8 nitrogen and oxygen atoms in total. The van der Waals surface area contributed by atoms with Gasteiger partial charge in [-0.1, -0.05) is 12.1 Å². The highest BCUT2D eigenvalue weighted by Crippen LogP contribution is 2.24.